The van der Waals surface area contributed by atoms with Crippen LogP contribution in [-0.4, -0.2) is 62.0 Å². The van der Waals surface area contributed by atoms with Crippen LogP contribution in [0.2, 0.25) is 0 Å². The molecular formula is C23H30FN5O4S. The molecule has 184 valence electrons. The number of hydrogen-bond donors (Lipinski definition) is 2. The summed E-state index contributed by atoms with van der Waals surface area (Å²) >= 11 is 0. The van der Waals surface area contributed by atoms with Crippen molar-refractivity contribution in [3.63, 3.8) is 0 Å². The lowest BCUT2D eigenvalue weighted by molar-refractivity contribution is -0.130. The summed E-state index contributed by atoms with van der Waals surface area (Å²) in [6.45, 7) is 6.50. The van der Waals surface area contributed by atoms with Crippen molar-refractivity contribution in [1.29, 1.82) is 0 Å². The van der Waals surface area contributed by atoms with E-state index >= 15 is 0 Å². The highest BCUT2D eigenvalue weighted by atomic mass is 32.2. The summed E-state index contributed by atoms with van der Waals surface area (Å²) in [4.78, 5) is 27.2. The quantitative estimate of drug-likeness (QED) is 0.328. The second-order valence-electron chi connectivity index (χ2n) is 8.14. The maximum atomic E-state index is 14.6. The minimum Gasteiger partial charge on any atom is -0.340 e. The van der Waals surface area contributed by atoms with E-state index in [1.807, 2.05) is 22.5 Å². The van der Waals surface area contributed by atoms with Gasteiger partial charge in [-0.2, -0.15) is 0 Å². The number of carbonyl (C=O) groups excluding carboxylic acids is 2. The molecule has 0 saturated carbocycles. The minimum atomic E-state index is -3.69. The average molecular weight is 492 g/mol. The van der Waals surface area contributed by atoms with Gasteiger partial charge in [0.15, 0.2) is 0 Å². The van der Waals surface area contributed by atoms with Crippen LogP contribution in [-0.2, 0) is 27.9 Å². The summed E-state index contributed by atoms with van der Waals surface area (Å²) in [5.41, 5.74) is 3.55. The first-order chi connectivity index (χ1) is 16.1. The third-order valence-corrected chi connectivity index (χ3v) is 7.65. The third kappa shape index (κ3) is 6.10. The number of piperazine rings is 1. The number of carbonyl (C=O) groups is 2. The Morgan fingerprint density at radius 3 is 2.26 bits per heavy atom. The van der Waals surface area contributed by atoms with E-state index in [9.17, 15) is 22.4 Å². The molecule has 0 spiro atoms. The zero-order valence-electron chi connectivity index (χ0n) is 19.3. The number of nitrogens with zero attached hydrogens (tertiary/aromatic N) is 3. The molecule has 0 radical (unpaired) electrons. The third-order valence-electron chi connectivity index (χ3n) is 5.91. The second-order valence-corrected chi connectivity index (χ2v) is 10.3. The highest BCUT2D eigenvalue weighted by Crippen LogP contribution is 2.24. The molecule has 2 aromatic rings. The molecular weight excluding hydrogens is 461 g/mol. The van der Waals surface area contributed by atoms with E-state index in [2.05, 4.69) is 4.90 Å². The lowest BCUT2D eigenvalue weighted by Gasteiger charge is -2.34. The number of nitrogen functional groups attached to an aromatic ring is 1. The van der Waals surface area contributed by atoms with E-state index in [4.69, 9.17) is 5.84 Å². The fourth-order valence-corrected chi connectivity index (χ4v) is 4.90. The Labute approximate surface area is 199 Å². The highest BCUT2D eigenvalue weighted by Gasteiger charge is 2.23. The Balaban J connectivity index is 1.76. The topological polar surface area (TPSA) is 116 Å². The molecule has 1 fully saturated rings. The predicted molar refractivity (Wildman–Crippen MR) is 128 cm³/mol. The van der Waals surface area contributed by atoms with Crippen molar-refractivity contribution in [2.24, 2.45) is 5.84 Å². The van der Waals surface area contributed by atoms with Crippen LogP contribution in [0.4, 0.5) is 10.1 Å². The van der Waals surface area contributed by atoms with Gasteiger partial charge in [-0.1, -0.05) is 18.2 Å². The predicted octanol–water partition coefficient (Wildman–Crippen LogP) is 1.45. The molecule has 9 nitrogen and oxygen atoms in total. The molecule has 0 unspecified atom stereocenters. The fourth-order valence-electron chi connectivity index (χ4n) is 3.81. The Hall–Kier alpha value is -3.02. The molecule has 3 N–H and O–H groups in total. The van der Waals surface area contributed by atoms with Crippen molar-refractivity contribution in [3.05, 3.63) is 65.0 Å². The number of amides is 2. The number of nitrogens with one attached hydrogen (secondary N) is 1. The lowest BCUT2D eigenvalue weighted by atomic mass is 10.1. The summed E-state index contributed by atoms with van der Waals surface area (Å²) in [7, 11) is -3.69. The van der Waals surface area contributed by atoms with Crippen LogP contribution >= 0.6 is 0 Å². The molecule has 0 atom stereocenters. The van der Waals surface area contributed by atoms with Crippen LogP contribution in [0.15, 0.2) is 42.5 Å². The summed E-state index contributed by atoms with van der Waals surface area (Å²) in [5.74, 6) is 3.68. The maximum Gasteiger partial charge on any atom is 0.265 e. The van der Waals surface area contributed by atoms with Crippen molar-refractivity contribution in [2.45, 2.75) is 26.9 Å². The molecule has 0 aromatic heterocycles. The second kappa shape index (κ2) is 10.9. The van der Waals surface area contributed by atoms with E-state index in [1.165, 1.54) is 23.4 Å². The van der Waals surface area contributed by atoms with E-state index in [-0.39, 0.29) is 29.3 Å². The zero-order chi connectivity index (χ0) is 24.9. The summed E-state index contributed by atoms with van der Waals surface area (Å²) in [5, 5.41) is 0. The molecule has 2 amide bonds. The summed E-state index contributed by atoms with van der Waals surface area (Å²) < 4.78 is 41.4. The number of halogens is 1. The Morgan fingerprint density at radius 1 is 1.09 bits per heavy atom. The smallest absolute Gasteiger partial charge is 0.265 e. The first kappa shape index (κ1) is 25.6. The molecule has 11 heteroatoms. The number of sulfonamides is 1. The van der Waals surface area contributed by atoms with Crippen molar-refractivity contribution in [1.82, 2.24) is 15.2 Å². The van der Waals surface area contributed by atoms with Crippen molar-refractivity contribution < 1.29 is 22.4 Å². The summed E-state index contributed by atoms with van der Waals surface area (Å²) in [6, 6.07) is 10.9. The van der Waals surface area contributed by atoms with Crippen LogP contribution in [0, 0.1) is 5.82 Å². The number of anilines is 1. The Bertz CT molecular complexity index is 1130. The molecule has 1 aliphatic rings. The van der Waals surface area contributed by atoms with Crippen molar-refractivity contribution in [2.75, 3.05) is 36.2 Å². The average Bonchev–Trinajstić information content (AvgIpc) is 2.83. The molecule has 0 bridgehead atoms. The number of benzene rings is 2. The van der Waals surface area contributed by atoms with Gasteiger partial charge in [0.2, 0.25) is 15.9 Å². The van der Waals surface area contributed by atoms with E-state index in [0.29, 0.717) is 25.3 Å². The van der Waals surface area contributed by atoms with Gasteiger partial charge in [-0.05, 0) is 36.8 Å². The van der Waals surface area contributed by atoms with Crippen LogP contribution < -0.4 is 15.6 Å². The van der Waals surface area contributed by atoms with Gasteiger partial charge in [-0.3, -0.25) is 24.2 Å². The van der Waals surface area contributed by atoms with E-state index in [1.54, 1.807) is 19.1 Å². The van der Waals surface area contributed by atoms with Gasteiger partial charge < -0.3 is 4.90 Å². The van der Waals surface area contributed by atoms with Gasteiger partial charge in [0.05, 0.1) is 18.0 Å². The molecule has 3 rings (SSSR count). The van der Waals surface area contributed by atoms with Gasteiger partial charge in [-0.25, -0.2) is 18.7 Å². The van der Waals surface area contributed by atoms with Gasteiger partial charge in [-0.15, -0.1) is 0 Å². The van der Waals surface area contributed by atoms with Gasteiger partial charge in [0.1, 0.15) is 5.82 Å². The molecule has 1 heterocycles. The molecule has 1 aliphatic heterocycles. The molecule has 1 saturated heterocycles. The first-order valence-electron chi connectivity index (χ1n) is 11.0. The SMILES string of the molecule is CCS(=O)(=O)N(Cc1ccc(C(=O)NN)cc1F)c1ccc(CN2CCN(C(C)=O)CC2)cc1. The standard InChI is InChI=1S/C23H30FN5O4S/c1-3-34(32,33)29(16-20-7-6-19(14-22(20)24)23(31)26-25)21-8-4-18(5-9-21)15-27-10-12-28(13-11-27)17(2)30/h4-9,14H,3,10-13,15-16,25H2,1-2H3,(H,26,31). The van der Waals surface area contributed by atoms with Crippen molar-refractivity contribution >= 4 is 27.5 Å². The zero-order valence-corrected chi connectivity index (χ0v) is 20.1. The van der Waals surface area contributed by atoms with Crippen LogP contribution in [0.1, 0.15) is 35.3 Å². The highest BCUT2D eigenvalue weighted by molar-refractivity contribution is 7.92. The van der Waals surface area contributed by atoms with Gasteiger partial charge in [0.25, 0.3) is 5.91 Å². The van der Waals surface area contributed by atoms with Crippen LogP contribution in [0.5, 0.6) is 0 Å². The maximum absolute atomic E-state index is 14.6. The van der Waals surface area contributed by atoms with E-state index < -0.39 is 21.7 Å². The lowest BCUT2D eigenvalue weighted by Crippen LogP contribution is -2.47. The molecule has 34 heavy (non-hydrogen) atoms. The monoisotopic (exact) mass is 491 g/mol. The van der Waals surface area contributed by atoms with Crippen LogP contribution in [0.3, 0.4) is 0 Å². The normalized spacial score (nSPS) is 14.6. The largest absolute Gasteiger partial charge is 0.340 e. The summed E-state index contributed by atoms with van der Waals surface area (Å²) in [6.07, 6.45) is 0. The number of rotatable bonds is 8. The number of hydrazine groups is 1. The molecule has 0 aliphatic carbocycles. The van der Waals surface area contributed by atoms with E-state index in [0.717, 1.165) is 24.7 Å². The molecule has 2 aromatic carbocycles. The van der Waals surface area contributed by atoms with Crippen LogP contribution in [0.25, 0.3) is 0 Å². The van der Waals surface area contributed by atoms with Crippen molar-refractivity contribution in [3.8, 4) is 0 Å². The Kier molecular flexibility index (Phi) is 8.24. The van der Waals surface area contributed by atoms with Gasteiger partial charge in [0, 0.05) is 50.8 Å². The Morgan fingerprint density at radius 2 is 1.74 bits per heavy atom. The number of hydrogen-bond acceptors (Lipinski definition) is 6. The first-order valence-corrected chi connectivity index (χ1v) is 12.6. The number of nitrogens with two attached hydrogens (primary N) is 1. The fraction of sp³-hybridized carbons (Fsp3) is 0.391. The minimum absolute atomic E-state index is 0.0436. The van der Waals surface area contributed by atoms with Gasteiger partial charge >= 0.3 is 0 Å².